The SMILES string of the molecule is O=C1OC[C@H](Cc2ccccc2)N1C(=O)[C@@H](O)Cc1ccc(-c2ccccc2)cc1. The summed E-state index contributed by atoms with van der Waals surface area (Å²) in [5.74, 6) is -0.620. The molecule has 1 fully saturated rings. The Bertz CT molecular complexity index is 1000. The summed E-state index contributed by atoms with van der Waals surface area (Å²) in [5.41, 5.74) is 3.99. The van der Waals surface area contributed by atoms with E-state index in [4.69, 9.17) is 4.74 Å². The molecule has 3 aromatic rings. The van der Waals surface area contributed by atoms with E-state index in [2.05, 4.69) is 0 Å². The van der Waals surface area contributed by atoms with Crippen molar-refractivity contribution in [2.24, 2.45) is 0 Å². The van der Waals surface area contributed by atoms with E-state index >= 15 is 0 Å². The highest BCUT2D eigenvalue weighted by atomic mass is 16.6. The van der Waals surface area contributed by atoms with Gasteiger partial charge in [-0.25, -0.2) is 9.69 Å². The summed E-state index contributed by atoms with van der Waals surface area (Å²) in [4.78, 5) is 26.0. The summed E-state index contributed by atoms with van der Waals surface area (Å²) in [5, 5.41) is 10.5. The predicted octanol–water partition coefficient (Wildman–Crippen LogP) is 3.85. The average Bonchev–Trinajstić information content (AvgIpc) is 3.14. The molecule has 0 bridgehead atoms. The highest BCUT2D eigenvalue weighted by molar-refractivity contribution is 5.96. The molecule has 0 spiro atoms. The van der Waals surface area contributed by atoms with Gasteiger partial charge in [-0.3, -0.25) is 4.79 Å². The van der Waals surface area contributed by atoms with E-state index in [9.17, 15) is 14.7 Å². The highest BCUT2D eigenvalue weighted by Gasteiger charge is 2.40. The first-order valence-electron chi connectivity index (χ1n) is 9.98. The van der Waals surface area contributed by atoms with Gasteiger partial charge in [-0.1, -0.05) is 84.9 Å². The van der Waals surface area contributed by atoms with Gasteiger partial charge in [0.15, 0.2) is 0 Å². The van der Waals surface area contributed by atoms with Crippen molar-refractivity contribution in [1.29, 1.82) is 0 Å². The van der Waals surface area contributed by atoms with Crippen LogP contribution in [0.1, 0.15) is 11.1 Å². The summed E-state index contributed by atoms with van der Waals surface area (Å²) >= 11 is 0. The van der Waals surface area contributed by atoms with Crippen molar-refractivity contribution >= 4 is 12.0 Å². The second kappa shape index (κ2) is 8.93. The minimum Gasteiger partial charge on any atom is -0.447 e. The number of imide groups is 1. The van der Waals surface area contributed by atoms with Crippen molar-refractivity contribution in [2.75, 3.05) is 6.61 Å². The molecule has 0 radical (unpaired) electrons. The number of carbonyl (C=O) groups excluding carboxylic acids is 2. The molecule has 5 nitrogen and oxygen atoms in total. The van der Waals surface area contributed by atoms with E-state index in [1.165, 1.54) is 0 Å². The third-order valence-corrected chi connectivity index (χ3v) is 5.29. The molecule has 1 N–H and O–H groups in total. The summed E-state index contributed by atoms with van der Waals surface area (Å²) in [6.07, 6.45) is -1.37. The molecular formula is C25H23NO4. The Balaban J connectivity index is 1.42. The van der Waals surface area contributed by atoms with Crippen LogP contribution in [0.5, 0.6) is 0 Å². The zero-order chi connectivity index (χ0) is 20.9. The molecule has 1 saturated heterocycles. The minimum absolute atomic E-state index is 0.135. The maximum absolute atomic E-state index is 12.8. The number of cyclic esters (lactones) is 1. The lowest BCUT2D eigenvalue weighted by Crippen LogP contribution is -2.46. The number of ether oxygens (including phenoxy) is 1. The summed E-state index contributed by atoms with van der Waals surface area (Å²) < 4.78 is 5.09. The van der Waals surface area contributed by atoms with Crippen molar-refractivity contribution in [3.8, 4) is 11.1 Å². The number of aliphatic hydroxyl groups is 1. The Morgan fingerprint density at radius 1 is 0.900 bits per heavy atom. The number of benzene rings is 3. The molecule has 3 aromatic carbocycles. The Kier molecular flexibility index (Phi) is 5.91. The molecule has 1 aliphatic heterocycles. The third kappa shape index (κ3) is 4.42. The molecular weight excluding hydrogens is 378 g/mol. The van der Waals surface area contributed by atoms with E-state index in [-0.39, 0.29) is 13.0 Å². The lowest BCUT2D eigenvalue weighted by atomic mass is 10.0. The molecule has 0 unspecified atom stereocenters. The van der Waals surface area contributed by atoms with Gasteiger partial charge >= 0.3 is 6.09 Å². The fraction of sp³-hybridized carbons (Fsp3) is 0.200. The number of hydrogen-bond acceptors (Lipinski definition) is 4. The van der Waals surface area contributed by atoms with Crippen molar-refractivity contribution in [3.05, 3.63) is 96.1 Å². The van der Waals surface area contributed by atoms with E-state index in [1.54, 1.807) is 0 Å². The monoisotopic (exact) mass is 401 g/mol. The zero-order valence-electron chi connectivity index (χ0n) is 16.5. The van der Waals surface area contributed by atoms with Gasteiger partial charge in [-0.05, 0) is 28.7 Å². The van der Waals surface area contributed by atoms with Crippen molar-refractivity contribution < 1.29 is 19.4 Å². The van der Waals surface area contributed by atoms with E-state index in [0.29, 0.717) is 6.42 Å². The Hall–Kier alpha value is -3.44. The number of hydrogen-bond donors (Lipinski definition) is 1. The molecule has 4 rings (SSSR count). The van der Waals surface area contributed by atoms with Crippen LogP contribution in [0.3, 0.4) is 0 Å². The molecule has 30 heavy (non-hydrogen) atoms. The van der Waals surface area contributed by atoms with Crippen molar-refractivity contribution in [2.45, 2.75) is 25.0 Å². The van der Waals surface area contributed by atoms with Gasteiger partial charge in [0, 0.05) is 6.42 Å². The number of aliphatic hydroxyl groups excluding tert-OH is 1. The summed E-state index contributed by atoms with van der Waals surface area (Å²) in [6.45, 7) is 0.137. The van der Waals surface area contributed by atoms with Crippen molar-refractivity contribution in [3.63, 3.8) is 0 Å². The van der Waals surface area contributed by atoms with Crippen LogP contribution in [0, 0.1) is 0 Å². The fourth-order valence-corrected chi connectivity index (χ4v) is 3.70. The molecule has 0 aliphatic carbocycles. The number of rotatable bonds is 6. The first kappa shape index (κ1) is 19.9. The van der Waals surface area contributed by atoms with Crippen LogP contribution in [-0.2, 0) is 22.4 Å². The predicted molar refractivity (Wildman–Crippen MR) is 114 cm³/mol. The molecule has 5 heteroatoms. The molecule has 152 valence electrons. The van der Waals surface area contributed by atoms with Crippen LogP contribution < -0.4 is 0 Å². The lowest BCUT2D eigenvalue weighted by Gasteiger charge is -2.22. The average molecular weight is 401 g/mol. The standard InChI is InChI=1S/C25H23NO4/c27-23(16-19-11-13-21(14-12-19)20-9-5-2-6-10-20)24(28)26-22(17-30-25(26)29)15-18-7-3-1-4-8-18/h1-14,22-23,27H,15-17H2/t22-,23-/m0/s1. The molecule has 1 aliphatic rings. The van der Waals surface area contributed by atoms with Gasteiger partial charge in [-0.15, -0.1) is 0 Å². The van der Waals surface area contributed by atoms with Crippen LogP contribution in [0.25, 0.3) is 11.1 Å². The van der Waals surface area contributed by atoms with E-state index in [0.717, 1.165) is 27.2 Å². The third-order valence-electron chi connectivity index (χ3n) is 5.29. The van der Waals surface area contributed by atoms with Gasteiger partial charge in [0.1, 0.15) is 12.7 Å². The number of amides is 2. The van der Waals surface area contributed by atoms with Crippen LogP contribution in [0.2, 0.25) is 0 Å². The fourth-order valence-electron chi connectivity index (χ4n) is 3.70. The Labute approximate surface area is 175 Å². The smallest absolute Gasteiger partial charge is 0.417 e. The van der Waals surface area contributed by atoms with Gasteiger partial charge < -0.3 is 9.84 Å². The highest BCUT2D eigenvalue weighted by Crippen LogP contribution is 2.22. The maximum Gasteiger partial charge on any atom is 0.417 e. The van der Waals surface area contributed by atoms with Crippen LogP contribution in [-0.4, -0.2) is 40.8 Å². The second-order valence-corrected chi connectivity index (χ2v) is 7.41. The largest absolute Gasteiger partial charge is 0.447 e. The quantitative estimate of drug-likeness (QED) is 0.681. The first-order valence-corrected chi connectivity index (χ1v) is 9.98. The zero-order valence-corrected chi connectivity index (χ0v) is 16.5. The molecule has 0 aromatic heterocycles. The molecule has 1 heterocycles. The van der Waals surface area contributed by atoms with Crippen LogP contribution in [0.4, 0.5) is 4.79 Å². The van der Waals surface area contributed by atoms with Gasteiger partial charge in [-0.2, -0.15) is 0 Å². The number of carbonyl (C=O) groups is 2. The van der Waals surface area contributed by atoms with Crippen molar-refractivity contribution in [1.82, 2.24) is 4.90 Å². The van der Waals surface area contributed by atoms with Gasteiger partial charge in [0.2, 0.25) is 0 Å². The van der Waals surface area contributed by atoms with Crippen LogP contribution >= 0.6 is 0 Å². The van der Waals surface area contributed by atoms with E-state index in [1.807, 2.05) is 84.9 Å². The normalized spacial score (nSPS) is 16.9. The number of nitrogens with zero attached hydrogens (tertiary/aromatic N) is 1. The Morgan fingerprint density at radius 2 is 1.50 bits per heavy atom. The molecule has 0 saturated carbocycles. The second-order valence-electron chi connectivity index (χ2n) is 7.41. The van der Waals surface area contributed by atoms with Gasteiger partial charge in [0.05, 0.1) is 6.04 Å². The minimum atomic E-state index is -1.31. The Morgan fingerprint density at radius 3 is 2.17 bits per heavy atom. The summed E-state index contributed by atoms with van der Waals surface area (Å²) in [7, 11) is 0. The lowest BCUT2D eigenvalue weighted by molar-refractivity contribution is -0.137. The van der Waals surface area contributed by atoms with Gasteiger partial charge in [0.25, 0.3) is 5.91 Å². The first-order chi connectivity index (χ1) is 14.6. The summed E-state index contributed by atoms with van der Waals surface area (Å²) in [6, 6.07) is 26.9. The molecule has 2 amide bonds. The molecule has 2 atom stereocenters. The van der Waals surface area contributed by atoms with Crippen LogP contribution in [0.15, 0.2) is 84.9 Å². The van der Waals surface area contributed by atoms with E-state index < -0.39 is 24.1 Å². The maximum atomic E-state index is 12.8. The topological polar surface area (TPSA) is 66.8 Å².